The molecule has 7 heteroatoms. The van der Waals surface area contributed by atoms with Gasteiger partial charge in [0.05, 0.1) is 14.2 Å². The van der Waals surface area contributed by atoms with Gasteiger partial charge in [-0.15, -0.1) is 0 Å². The Morgan fingerprint density at radius 1 is 1.08 bits per heavy atom. The summed E-state index contributed by atoms with van der Waals surface area (Å²) in [5.41, 5.74) is -0.0902. The number of ether oxygens (including phenoxy) is 2. The van der Waals surface area contributed by atoms with Crippen molar-refractivity contribution >= 4 is 29.3 Å². The number of amides is 1. The summed E-state index contributed by atoms with van der Waals surface area (Å²) in [5, 5.41) is 0. The Labute approximate surface area is 139 Å². The molecule has 1 heterocycles. The van der Waals surface area contributed by atoms with Crippen LogP contribution in [-0.2, 0) is 41.5 Å². The van der Waals surface area contributed by atoms with E-state index in [2.05, 4.69) is 0 Å². The van der Waals surface area contributed by atoms with E-state index < -0.39 is 23.4 Å². The number of Topliss-reactive ketones (excluding diaryl/α,β-unsaturated/α-hetero) is 1. The summed E-state index contributed by atoms with van der Waals surface area (Å²) in [5.74, 6) is -2.23. The monoisotopic (exact) mass is 333 g/mol. The van der Waals surface area contributed by atoms with E-state index in [-0.39, 0.29) is 18.6 Å². The Kier molecular flexibility index (Phi) is 4.73. The molecule has 1 aromatic rings. The maximum atomic E-state index is 12.4. The summed E-state index contributed by atoms with van der Waals surface area (Å²) < 4.78 is 9.56. The number of carbonyl (C=O) groups excluding carboxylic acids is 4. The second kappa shape index (κ2) is 6.43. The third kappa shape index (κ3) is 2.66. The van der Waals surface area contributed by atoms with Gasteiger partial charge in [-0.25, -0.2) is 9.59 Å². The van der Waals surface area contributed by atoms with E-state index in [1.807, 2.05) is 0 Å². The Bertz CT molecular complexity index is 708. The third-order valence-electron chi connectivity index (χ3n) is 4.03. The number of esters is 2. The van der Waals surface area contributed by atoms with Crippen LogP contribution in [0.25, 0.3) is 0 Å². The summed E-state index contributed by atoms with van der Waals surface area (Å²) in [6, 6.07) is 5.05. The van der Waals surface area contributed by atoms with Crippen molar-refractivity contribution in [3.63, 3.8) is 0 Å². The van der Waals surface area contributed by atoms with Crippen LogP contribution in [0.15, 0.2) is 18.2 Å². The fourth-order valence-electron chi connectivity index (χ4n) is 3.14. The number of ketones is 1. The largest absolute Gasteiger partial charge is 0.467 e. The molecule has 24 heavy (non-hydrogen) atoms. The van der Waals surface area contributed by atoms with E-state index in [1.165, 1.54) is 13.8 Å². The molecule has 128 valence electrons. The SMILES string of the molecule is COC(=O)C1(C(=O)OC)Cc2cc(CC(C)=O)ccc2N1C(C)=O. The van der Waals surface area contributed by atoms with Crippen LogP contribution in [0.5, 0.6) is 0 Å². The smallest absolute Gasteiger partial charge is 0.344 e. The zero-order valence-corrected chi connectivity index (χ0v) is 14.0. The highest BCUT2D eigenvalue weighted by molar-refractivity contribution is 6.17. The highest BCUT2D eigenvalue weighted by Gasteiger charge is 2.59. The van der Waals surface area contributed by atoms with Gasteiger partial charge >= 0.3 is 11.9 Å². The Hall–Kier alpha value is -2.70. The molecule has 7 nitrogen and oxygen atoms in total. The molecule has 1 aliphatic rings. The second-order valence-electron chi connectivity index (χ2n) is 5.72. The van der Waals surface area contributed by atoms with E-state index in [0.29, 0.717) is 11.3 Å². The van der Waals surface area contributed by atoms with E-state index >= 15 is 0 Å². The van der Waals surface area contributed by atoms with Crippen molar-refractivity contribution in [2.75, 3.05) is 19.1 Å². The van der Waals surface area contributed by atoms with Crippen molar-refractivity contribution in [2.24, 2.45) is 0 Å². The van der Waals surface area contributed by atoms with Crippen LogP contribution in [0.4, 0.5) is 5.69 Å². The number of benzene rings is 1. The predicted molar refractivity (Wildman–Crippen MR) is 84.5 cm³/mol. The van der Waals surface area contributed by atoms with Crippen molar-refractivity contribution in [3.05, 3.63) is 29.3 Å². The molecule has 0 atom stereocenters. The zero-order chi connectivity index (χ0) is 18.1. The number of nitrogens with zero attached hydrogens (tertiary/aromatic N) is 1. The fraction of sp³-hybridized carbons (Fsp3) is 0.412. The van der Waals surface area contributed by atoms with Crippen LogP contribution in [-0.4, -0.2) is 43.4 Å². The first-order chi connectivity index (χ1) is 11.3. The molecule has 1 aliphatic heterocycles. The van der Waals surface area contributed by atoms with Crippen LogP contribution >= 0.6 is 0 Å². The Morgan fingerprint density at radius 3 is 2.12 bits per heavy atom. The van der Waals surface area contributed by atoms with Crippen molar-refractivity contribution in [1.82, 2.24) is 0 Å². The lowest BCUT2D eigenvalue weighted by Gasteiger charge is -2.32. The topological polar surface area (TPSA) is 90.0 Å². The number of hydrogen-bond acceptors (Lipinski definition) is 6. The predicted octanol–water partition coefficient (Wildman–Crippen LogP) is 0.812. The van der Waals surface area contributed by atoms with Gasteiger partial charge in [-0.3, -0.25) is 14.5 Å². The minimum Gasteiger partial charge on any atom is -0.467 e. The first kappa shape index (κ1) is 17.7. The number of hydrogen-bond donors (Lipinski definition) is 0. The average Bonchev–Trinajstić information content (AvgIpc) is 2.88. The van der Waals surface area contributed by atoms with Crippen molar-refractivity contribution in [3.8, 4) is 0 Å². The zero-order valence-electron chi connectivity index (χ0n) is 14.0. The van der Waals surface area contributed by atoms with Crippen LogP contribution < -0.4 is 4.90 Å². The number of rotatable bonds is 4. The highest BCUT2D eigenvalue weighted by Crippen LogP contribution is 2.41. The van der Waals surface area contributed by atoms with Crippen molar-refractivity contribution in [1.29, 1.82) is 0 Å². The first-order valence-electron chi connectivity index (χ1n) is 7.36. The Morgan fingerprint density at radius 2 is 1.67 bits per heavy atom. The molecule has 0 spiro atoms. The molecule has 0 N–H and O–H groups in total. The summed E-state index contributed by atoms with van der Waals surface area (Å²) in [6.45, 7) is 2.74. The molecule has 0 bridgehead atoms. The van der Waals surface area contributed by atoms with Crippen molar-refractivity contribution < 1.29 is 28.7 Å². The summed E-state index contributed by atoms with van der Waals surface area (Å²) in [4.78, 5) is 49.4. The number of anilines is 1. The number of carbonyl (C=O) groups is 4. The molecule has 0 saturated heterocycles. The normalized spacial score (nSPS) is 14.8. The van der Waals surface area contributed by atoms with Gasteiger partial charge in [-0.05, 0) is 24.1 Å². The van der Waals surface area contributed by atoms with Crippen molar-refractivity contribution in [2.45, 2.75) is 32.2 Å². The summed E-state index contributed by atoms with van der Waals surface area (Å²) in [7, 11) is 2.30. The van der Waals surface area contributed by atoms with E-state index in [9.17, 15) is 19.2 Å². The average molecular weight is 333 g/mol. The number of fused-ring (bicyclic) bond motifs is 1. The molecule has 0 aromatic heterocycles. The number of methoxy groups -OCH3 is 2. The van der Waals surface area contributed by atoms with Crippen LogP contribution in [0.3, 0.4) is 0 Å². The van der Waals surface area contributed by atoms with Gasteiger partial charge in [0.25, 0.3) is 0 Å². The van der Waals surface area contributed by atoms with Gasteiger partial charge in [0, 0.05) is 25.5 Å². The van der Waals surface area contributed by atoms with E-state index in [4.69, 9.17) is 9.47 Å². The summed E-state index contributed by atoms with van der Waals surface area (Å²) >= 11 is 0. The van der Waals surface area contributed by atoms with Gasteiger partial charge in [-0.1, -0.05) is 12.1 Å². The molecule has 2 rings (SSSR count). The van der Waals surface area contributed by atoms with Gasteiger partial charge in [0.15, 0.2) is 0 Å². The van der Waals surface area contributed by atoms with Gasteiger partial charge in [0.1, 0.15) is 5.78 Å². The first-order valence-corrected chi connectivity index (χ1v) is 7.36. The molecule has 0 aliphatic carbocycles. The standard InChI is InChI=1S/C17H19NO6/c1-10(19)7-12-5-6-14-13(8-12)9-17(15(21)23-3,16(22)24-4)18(14)11(2)20/h5-6,8H,7,9H2,1-4H3. The molecule has 1 amide bonds. The maximum Gasteiger partial charge on any atom is 0.344 e. The quantitative estimate of drug-likeness (QED) is 0.598. The van der Waals surface area contributed by atoms with Gasteiger partial charge in [0.2, 0.25) is 11.4 Å². The third-order valence-corrected chi connectivity index (χ3v) is 4.03. The van der Waals surface area contributed by atoms with Gasteiger partial charge < -0.3 is 9.47 Å². The van der Waals surface area contributed by atoms with Crippen LogP contribution in [0, 0.1) is 0 Å². The molecule has 0 saturated carbocycles. The van der Waals surface area contributed by atoms with E-state index in [1.54, 1.807) is 18.2 Å². The molecule has 0 radical (unpaired) electrons. The fourth-order valence-corrected chi connectivity index (χ4v) is 3.14. The Balaban J connectivity index is 2.62. The summed E-state index contributed by atoms with van der Waals surface area (Å²) in [6.07, 6.45) is 0.170. The second-order valence-corrected chi connectivity index (χ2v) is 5.72. The maximum absolute atomic E-state index is 12.4. The lowest BCUT2D eigenvalue weighted by Crippen LogP contribution is -2.61. The van der Waals surface area contributed by atoms with Gasteiger partial charge in [-0.2, -0.15) is 0 Å². The molecule has 0 fully saturated rings. The van der Waals surface area contributed by atoms with Crippen LogP contribution in [0.1, 0.15) is 25.0 Å². The van der Waals surface area contributed by atoms with Crippen LogP contribution in [0.2, 0.25) is 0 Å². The van der Waals surface area contributed by atoms with E-state index in [0.717, 1.165) is 24.7 Å². The highest BCUT2D eigenvalue weighted by atomic mass is 16.5. The lowest BCUT2D eigenvalue weighted by molar-refractivity contribution is -0.162. The molecular weight excluding hydrogens is 314 g/mol. The lowest BCUT2D eigenvalue weighted by atomic mass is 9.93. The molecular formula is C17H19NO6. The minimum atomic E-state index is -1.88. The minimum absolute atomic E-state index is 0.0106. The molecule has 1 aromatic carbocycles. The molecule has 0 unspecified atom stereocenters.